The van der Waals surface area contributed by atoms with Gasteiger partial charge >= 0.3 is 0 Å². The van der Waals surface area contributed by atoms with Gasteiger partial charge in [0.1, 0.15) is 13.2 Å². The van der Waals surface area contributed by atoms with Crippen LogP contribution in [-0.4, -0.2) is 50.5 Å². The van der Waals surface area contributed by atoms with Crippen LogP contribution in [0.25, 0.3) is 0 Å². The number of nitrogens with zero attached hydrogens (tertiary/aromatic N) is 1. The molecule has 1 fully saturated rings. The predicted molar refractivity (Wildman–Crippen MR) is 175 cm³/mol. The van der Waals surface area contributed by atoms with Crippen LogP contribution in [-0.2, 0) is 19.1 Å². The molecular weight excluding hydrogens is 571 g/mol. The molecule has 2 unspecified atom stereocenters. The number of rotatable bonds is 9. The molecule has 7 nitrogen and oxygen atoms in total. The molecule has 1 aromatic carbocycles. The molecule has 2 heterocycles. The van der Waals surface area contributed by atoms with E-state index in [0.717, 1.165) is 32.3 Å². The number of nitrogens with one attached hydrogen (secondary N) is 1. The minimum absolute atomic E-state index is 0.0499. The highest BCUT2D eigenvalue weighted by Crippen LogP contribution is 2.43. The minimum Gasteiger partial charge on any atom is -0.486 e. The maximum atomic E-state index is 14.0. The molecule has 0 spiro atoms. The second kappa shape index (κ2) is 22.6. The smallest absolute Gasteiger partial charge is 0.251 e. The van der Waals surface area contributed by atoms with Gasteiger partial charge in [-0.2, -0.15) is 0 Å². The largest absolute Gasteiger partial charge is 0.486 e. The van der Waals surface area contributed by atoms with Gasteiger partial charge in [0.05, 0.1) is 11.7 Å². The summed E-state index contributed by atoms with van der Waals surface area (Å²) in [7, 11) is 1.59. The number of benzene rings is 1. The maximum Gasteiger partial charge on any atom is 0.251 e. The van der Waals surface area contributed by atoms with Crippen LogP contribution in [0.3, 0.4) is 0 Å². The Morgan fingerprint density at radius 1 is 1.19 bits per heavy atom. The van der Waals surface area contributed by atoms with Crippen LogP contribution in [0.4, 0.5) is 10.1 Å². The first kappa shape index (κ1) is 40.0. The number of carbonyl (C=O) groups excluding carboxylic acids is 3. The summed E-state index contributed by atoms with van der Waals surface area (Å²) >= 11 is 5.63. The van der Waals surface area contributed by atoms with Crippen molar-refractivity contribution in [1.29, 1.82) is 0 Å². The molecule has 43 heavy (non-hydrogen) atoms. The van der Waals surface area contributed by atoms with Gasteiger partial charge in [0.2, 0.25) is 5.91 Å². The summed E-state index contributed by atoms with van der Waals surface area (Å²) in [6.07, 6.45) is 12.0. The van der Waals surface area contributed by atoms with Gasteiger partial charge in [-0.05, 0) is 70.7 Å². The Kier molecular flexibility index (Phi) is 21.0. The Hall–Kier alpha value is -2.97. The Morgan fingerprint density at radius 3 is 2.35 bits per heavy atom. The first-order chi connectivity index (χ1) is 20.4. The van der Waals surface area contributed by atoms with E-state index in [1.807, 2.05) is 13.8 Å². The number of halogens is 2. The van der Waals surface area contributed by atoms with Gasteiger partial charge in [-0.3, -0.25) is 14.4 Å². The SMILES string of the molecule is C/C=C/C(=C\C=C(/C)Cl)C(=O)NC.CCC.CCC1CC2COc3c(ccc(C)c3F)N2C1=O.CCCCOCC(C)=O. The minimum atomic E-state index is -0.348. The highest BCUT2D eigenvalue weighted by molar-refractivity contribution is 6.29. The monoisotopic (exact) mass is 622 g/mol. The fourth-order valence-corrected chi connectivity index (χ4v) is 4.12. The molecule has 2 aliphatic heterocycles. The molecule has 0 aliphatic carbocycles. The lowest BCUT2D eigenvalue weighted by molar-refractivity contribution is -0.121. The molecule has 2 amide bonds. The molecule has 0 aromatic heterocycles. The molecule has 9 heteroatoms. The van der Waals surface area contributed by atoms with E-state index in [-0.39, 0.29) is 47.7 Å². The number of anilines is 1. The summed E-state index contributed by atoms with van der Waals surface area (Å²) in [6.45, 7) is 16.6. The number of ether oxygens (including phenoxy) is 2. The van der Waals surface area contributed by atoms with Crippen molar-refractivity contribution >= 4 is 34.9 Å². The summed E-state index contributed by atoms with van der Waals surface area (Å²) in [5.74, 6) is 0.0256. The van der Waals surface area contributed by atoms with Crippen molar-refractivity contribution in [1.82, 2.24) is 5.32 Å². The quantitative estimate of drug-likeness (QED) is 0.172. The number of hydrogen-bond donors (Lipinski definition) is 1. The van der Waals surface area contributed by atoms with Gasteiger partial charge in [0, 0.05) is 30.2 Å². The third kappa shape index (κ3) is 14.4. The molecule has 2 atom stereocenters. The van der Waals surface area contributed by atoms with Crippen molar-refractivity contribution in [2.24, 2.45) is 5.92 Å². The number of ketones is 1. The van der Waals surface area contributed by atoms with Crippen LogP contribution in [0.2, 0.25) is 0 Å². The Labute approximate surface area is 263 Å². The average Bonchev–Trinajstić information content (AvgIpc) is 3.31. The standard InChI is InChI=1S/C14H16FNO2.C10H14ClNO.C7H14O2.C3H8/c1-3-9-6-10-7-18-13-11(16(10)14(9)17)5-4-8(2)12(13)15;1-4-5-9(10(13)12-3)7-6-8(2)11;1-3-4-5-9-6-7(2)8;1-3-2/h4-5,9-10H,3,6-7H2,1-2H3;4-7H,1-3H3,(H,12,13);3-6H2,1-2H3;3H2,1-2H3/b;5-4+,8-6+,9-7+;;. The molecule has 1 aromatic rings. The maximum absolute atomic E-state index is 14.0. The molecule has 0 bridgehead atoms. The van der Waals surface area contributed by atoms with E-state index in [1.165, 1.54) is 13.3 Å². The number of likely N-dealkylation sites (N-methyl/N-ethyl adjacent to an activating group) is 1. The molecule has 2 aliphatic rings. The number of carbonyl (C=O) groups is 3. The fraction of sp³-hybridized carbons (Fsp3) is 0.559. The van der Waals surface area contributed by atoms with Crippen LogP contribution >= 0.6 is 11.6 Å². The van der Waals surface area contributed by atoms with Crippen molar-refractivity contribution in [2.45, 2.75) is 93.5 Å². The number of aryl methyl sites for hydroxylation is 1. The zero-order valence-corrected chi connectivity index (χ0v) is 28.3. The highest BCUT2D eigenvalue weighted by atomic mass is 35.5. The lowest BCUT2D eigenvalue weighted by Crippen LogP contribution is -2.41. The van der Waals surface area contributed by atoms with Crippen molar-refractivity contribution < 1.29 is 28.2 Å². The first-order valence-corrected chi connectivity index (χ1v) is 15.5. The average molecular weight is 623 g/mol. The summed E-state index contributed by atoms with van der Waals surface area (Å²) in [4.78, 5) is 35.5. The van der Waals surface area contributed by atoms with Crippen molar-refractivity contribution in [3.8, 4) is 5.75 Å². The Balaban J connectivity index is 0.000000624. The van der Waals surface area contributed by atoms with Crippen LogP contribution in [0.15, 0.2) is 47.0 Å². The summed E-state index contributed by atoms with van der Waals surface area (Å²) in [5.41, 5.74) is 1.73. The van der Waals surface area contributed by atoms with Gasteiger partial charge in [-0.25, -0.2) is 4.39 Å². The molecule has 0 saturated carbocycles. The van der Waals surface area contributed by atoms with Gasteiger partial charge in [0.25, 0.3) is 5.91 Å². The van der Waals surface area contributed by atoms with Crippen LogP contribution in [0, 0.1) is 18.7 Å². The van der Waals surface area contributed by atoms with Crippen LogP contribution < -0.4 is 15.0 Å². The number of amides is 2. The summed E-state index contributed by atoms with van der Waals surface area (Å²) in [5, 5.41) is 3.19. The van der Waals surface area contributed by atoms with E-state index >= 15 is 0 Å². The number of hydrogen-bond acceptors (Lipinski definition) is 5. The number of Topliss-reactive ketones (excluding diaryl/α,β-unsaturated/α-hetero) is 1. The second-order valence-corrected chi connectivity index (χ2v) is 10.9. The number of fused-ring (bicyclic) bond motifs is 3. The number of unbranched alkanes of at least 4 members (excludes halogenated alkanes) is 1. The van der Waals surface area contributed by atoms with Gasteiger partial charge in [-0.1, -0.05) is 70.4 Å². The fourth-order valence-electron chi connectivity index (χ4n) is 4.06. The molecule has 3 rings (SSSR count). The molecule has 1 N–H and O–H groups in total. The van der Waals surface area contributed by atoms with E-state index < -0.39 is 0 Å². The van der Waals surface area contributed by atoms with E-state index in [0.29, 0.717) is 28.5 Å². The second-order valence-electron chi connectivity index (χ2n) is 10.3. The lowest BCUT2D eigenvalue weighted by atomic mass is 10.0. The van der Waals surface area contributed by atoms with E-state index in [9.17, 15) is 18.8 Å². The van der Waals surface area contributed by atoms with E-state index in [2.05, 4.69) is 26.1 Å². The number of allylic oxidation sites excluding steroid dienone is 4. The van der Waals surface area contributed by atoms with Crippen molar-refractivity contribution in [3.05, 3.63) is 58.4 Å². The highest BCUT2D eigenvalue weighted by Gasteiger charge is 2.43. The molecular formula is C34H52ClFN2O5. The molecule has 1 saturated heterocycles. The van der Waals surface area contributed by atoms with Gasteiger partial charge in [-0.15, -0.1) is 0 Å². The van der Waals surface area contributed by atoms with Crippen LogP contribution in [0.1, 0.15) is 86.1 Å². The third-order valence-corrected chi connectivity index (χ3v) is 6.35. The Bertz CT molecular complexity index is 1110. The van der Waals surface area contributed by atoms with Crippen molar-refractivity contribution in [3.63, 3.8) is 0 Å². The predicted octanol–water partition coefficient (Wildman–Crippen LogP) is 7.84. The summed E-state index contributed by atoms with van der Waals surface area (Å²) in [6, 6.07) is 3.56. The van der Waals surface area contributed by atoms with E-state index in [4.69, 9.17) is 21.1 Å². The molecule has 242 valence electrons. The van der Waals surface area contributed by atoms with Crippen LogP contribution in [0.5, 0.6) is 5.75 Å². The molecule has 0 radical (unpaired) electrons. The zero-order valence-electron chi connectivity index (χ0n) is 27.5. The first-order valence-electron chi connectivity index (χ1n) is 15.1. The lowest BCUT2D eigenvalue weighted by Gasteiger charge is -2.32. The normalized spacial score (nSPS) is 17.3. The van der Waals surface area contributed by atoms with Gasteiger partial charge in [0.15, 0.2) is 17.3 Å². The van der Waals surface area contributed by atoms with Crippen molar-refractivity contribution in [2.75, 3.05) is 31.8 Å². The third-order valence-electron chi connectivity index (χ3n) is 6.23. The van der Waals surface area contributed by atoms with Gasteiger partial charge < -0.3 is 19.7 Å². The Morgan fingerprint density at radius 2 is 1.84 bits per heavy atom. The zero-order chi connectivity index (χ0) is 32.9. The topological polar surface area (TPSA) is 84.9 Å². The summed E-state index contributed by atoms with van der Waals surface area (Å²) < 4.78 is 24.5. The van der Waals surface area contributed by atoms with E-state index in [1.54, 1.807) is 62.2 Å².